The highest BCUT2D eigenvalue weighted by atomic mass is 15.2. The molecule has 8 aromatic rings. The maximum atomic E-state index is 2.70. The summed E-state index contributed by atoms with van der Waals surface area (Å²) >= 11 is 0. The van der Waals surface area contributed by atoms with Gasteiger partial charge in [0, 0.05) is 34.1 Å². The van der Waals surface area contributed by atoms with E-state index in [9.17, 15) is 0 Å². The molecule has 2 nitrogen and oxygen atoms in total. The Morgan fingerprint density at radius 1 is 0.321 bits per heavy atom. The predicted octanol–water partition coefficient (Wildman–Crippen LogP) is 19.5. The van der Waals surface area contributed by atoms with E-state index in [4.69, 9.17) is 0 Å². The van der Waals surface area contributed by atoms with E-state index < -0.39 is 0 Å². The molecule has 8 aromatic carbocycles. The van der Waals surface area contributed by atoms with Crippen LogP contribution >= 0.6 is 0 Å². The summed E-state index contributed by atoms with van der Waals surface area (Å²) in [6.45, 7) is 49.6. The number of anilines is 6. The van der Waals surface area contributed by atoms with E-state index >= 15 is 0 Å². The lowest BCUT2D eigenvalue weighted by atomic mass is 9.33. The molecular formula is C75H87BN2. The first-order chi connectivity index (χ1) is 36.2. The summed E-state index contributed by atoms with van der Waals surface area (Å²) in [4.78, 5) is 5.41. The summed E-state index contributed by atoms with van der Waals surface area (Å²) in [7, 11) is 0. The molecule has 0 amide bonds. The van der Waals surface area contributed by atoms with Gasteiger partial charge in [-0.05, 0) is 196 Å². The first-order valence-corrected chi connectivity index (χ1v) is 28.9. The third kappa shape index (κ3) is 9.88. The monoisotopic (exact) mass is 1030 g/mol. The van der Waals surface area contributed by atoms with Crippen molar-refractivity contribution in [2.75, 3.05) is 9.80 Å². The van der Waals surface area contributed by atoms with E-state index in [1.807, 2.05) is 0 Å². The van der Waals surface area contributed by atoms with E-state index in [0.29, 0.717) is 0 Å². The number of hydrogen-bond donors (Lipinski definition) is 0. The average Bonchev–Trinajstić information content (AvgIpc) is 2.94. The van der Waals surface area contributed by atoms with Gasteiger partial charge in [-0.25, -0.2) is 0 Å². The van der Waals surface area contributed by atoms with E-state index in [1.165, 1.54) is 134 Å². The molecule has 0 N–H and O–H groups in total. The summed E-state index contributed by atoms with van der Waals surface area (Å²) in [6.07, 6.45) is 0. The highest BCUT2D eigenvalue weighted by Crippen LogP contribution is 2.52. The number of rotatable bonds is 5. The molecule has 0 spiro atoms. The Balaban J connectivity index is 1.48. The third-order valence-electron chi connectivity index (χ3n) is 16.9. The van der Waals surface area contributed by atoms with Gasteiger partial charge in [0.2, 0.25) is 0 Å². The van der Waals surface area contributed by atoms with Crippen molar-refractivity contribution in [1.29, 1.82) is 0 Å². The second kappa shape index (κ2) is 18.8. The molecule has 0 fully saturated rings. The van der Waals surface area contributed by atoms with Gasteiger partial charge in [-0.1, -0.05) is 227 Å². The Bertz CT molecular complexity index is 3350. The zero-order chi connectivity index (χ0) is 56.6. The molecule has 3 heteroatoms. The summed E-state index contributed by atoms with van der Waals surface area (Å²) in [6, 6.07) is 57.7. The van der Waals surface area contributed by atoms with Gasteiger partial charge < -0.3 is 9.80 Å². The van der Waals surface area contributed by atoms with Crippen LogP contribution in [0.1, 0.15) is 175 Å². The minimum atomic E-state index is -0.169. The van der Waals surface area contributed by atoms with Crippen molar-refractivity contribution in [2.45, 2.75) is 178 Å². The third-order valence-corrected chi connectivity index (χ3v) is 16.9. The van der Waals surface area contributed by atoms with Crippen LogP contribution in [0.5, 0.6) is 0 Å². The van der Waals surface area contributed by atoms with E-state index in [1.54, 1.807) is 0 Å². The van der Waals surface area contributed by atoms with Gasteiger partial charge in [0.1, 0.15) is 0 Å². The number of fused-ring (bicyclic) bond motifs is 4. The lowest BCUT2D eigenvalue weighted by Gasteiger charge is -2.46. The summed E-state index contributed by atoms with van der Waals surface area (Å²) in [5.41, 5.74) is 30.1. The second-order valence-electron chi connectivity index (χ2n) is 29.5. The van der Waals surface area contributed by atoms with Crippen molar-refractivity contribution in [2.24, 2.45) is 0 Å². The molecular weight excluding hydrogens is 940 g/mol. The Labute approximate surface area is 471 Å². The number of nitrogens with zero attached hydrogens (tertiary/aromatic N) is 2. The predicted molar refractivity (Wildman–Crippen MR) is 343 cm³/mol. The van der Waals surface area contributed by atoms with Crippen molar-refractivity contribution < 1.29 is 0 Å². The van der Waals surface area contributed by atoms with Crippen LogP contribution in [0, 0.1) is 20.8 Å². The van der Waals surface area contributed by atoms with Crippen molar-refractivity contribution in [3.05, 3.63) is 196 Å². The fourth-order valence-electron chi connectivity index (χ4n) is 12.6. The molecule has 0 saturated heterocycles. The van der Waals surface area contributed by atoms with Crippen LogP contribution < -0.4 is 26.2 Å². The molecule has 0 bridgehead atoms. The first kappa shape index (κ1) is 54.8. The maximum Gasteiger partial charge on any atom is 0.252 e. The molecule has 2 heterocycles. The maximum absolute atomic E-state index is 2.70. The average molecular weight is 1030 g/mol. The molecule has 0 unspecified atom stereocenters. The van der Waals surface area contributed by atoms with E-state index in [2.05, 4.69) is 301 Å². The molecule has 0 atom stereocenters. The summed E-state index contributed by atoms with van der Waals surface area (Å²) in [5, 5.41) is 0. The van der Waals surface area contributed by atoms with Gasteiger partial charge in [-0.2, -0.15) is 0 Å². The van der Waals surface area contributed by atoms with Crippen molar-refractivity contribution in [3.8, 4) is 33.4 Å². The molecule has 0 saturated carbocycles. The van der Waals surface area contributed by atoms with E-state index in [-0.39, 0.29) is 39.2 Å². The highest BCUT2D eigenvalue weighted by Gasteiger charge is 2.46. The number of benzene rings is 8. The van der Waals surface area contributed by atoms with Crippen molar-refractivity contribution in [3.63, 3.8) is 0 Å². The first-order valence-electron chi connectivity index (χ1n) is 28.9. The lowest BCUT2D eigenvalue weighted by molar-refractivity contribution is 0.568. The normalized spacial score (nSPS) is 13.9. The highest BCUT2D eigenvalue weighted by molar-refractivity contribution is 7.00. The largest absolute Gasteiger partial charge is 0.311 e. The SMILES string of the molecule is Cc1cc(C)c(-c2cc3c4c(c2)N(c2cc(C(C)(C)C)cc(C(C)(C)C)c2)c2cc(-c5ccccc5)c(C(C)(C)C)cc2B4c2cc(C(C)(C)C)c(-c4ccccc4)cc2N3c2cc(C(C)(C)C)cc(C(C)(C)C)c2)c(C)c1. The molecule has 400 valence electrons. The quantitative estimate of drug-likeness (QED) is 0.159. The molecule has 0 radical (unpaired) electrons. The molecule has 2 aliphatic rings. The number of aryl methyl sites for hydroxylation is 3. The van der Waals surface area contributed by atoms with Gasteiger partial charge in [-0.3, -0.25) is 0 Å². The Hall–Kier alpha value is -6.58. The van der Waals surface area contributed by atoms with Gasteiger partial charge in [0.05, 0.1) is 0 Å². The van der Waals surface area contributed by atoms with Gasteiger partial charge in [0.25, 0.3) is 6.71 Å². The summed E-state index contributed by atoms with van der Waals surface area (Å²) < 4.78 is 0. The minimum absolute atomic E-state index is 0.0978. The van der Waals surface area contributed by atoms with Crippen LogP contribution in [-0.4, -0.2) is 6.71 Å². The molecule has 78 heavy (non-hydrogen) atoms. The number of hydrogen-bond acceptors (Lipinski definition) is 2. The molecule has 0 aromatic heterocycles. The molecule has 2 aliphatic heterocycles. The topological polar surface area (TPSA) is 6.48 Å². The van der Waals surface area contributed by atoms with E-state index in [0.717, 1.165) is 0 Å². The Morgan fingerprint density at radius 3 is 0.962 bits per heavy atom. The zero-order valence-corrected chi connectivity index (χ0v) is 51.3. The Kier molecular flexibility index (Phi) is 13.2. The Morgan fingerprint density at radius 2 is 0.654 bits per heavy atom. The van der Waals surface area contributed by atoms with Crippen LogP contribution in [-0.2, 0) is 32.5 Å². The van der Waals surface area contributed by atoms with Crippen molar-refractivity contribution in [1.82, 2.24) is 0 Å². The van der Waals surface area contributed by atoms with Gasteiger partial charge >= 0.3 is 0 Å². The van der Waals surface area contributed by atoms with Crippen LogP contribution in [0.3, 0.4) is 0 Å². The van der Waals surface area contributed by atoms with Gasteiger partial charge in [0.15, 0.2) is 0 Å². The van der Waals surface area contributed by atoms with Crippen molar-refractivity contribution >= 4 is 57.2 Å². The standard InChI is InChI=1S/C75H87BN2/c1-46-32-47(2)68(48(3)33-46)51-34-66-69-67(35-51)78(57-40-54(72(10,11)12)37-55(41-57)73(13,14)15)65-43-59(50-30-26-23-27-31-50)61(75(19,20)21)45-63(65)76(69)62-44-60(74(16,17)18)58(49-28-24-22-25-29-49)42-64(62)77(66)56-38-52(70(4,5)6)36-53(39-56)71(7,8)9/h22-45H,1-21H3. The summed E-state index contributed by atoms with van der Waals surface area (Å²) in [5.74, 6) is 0. The van der Waals surface area contributed by atoms with Crippen LogP contribution in [0.4, 0.5) is 34.1 Å². The van der Waals surface area contributed by atoms with Crippen LogP contribution in [0.25, 0.3) is 33.4 Å². The van der Waals surface area contributed by atoms with Crippen LogP contribution in [0.2, 0.25) is 0 Å². The second-order valence-corrected chi connectivity index (χ2v) is 29.5. The van der Waals surface area contributed by atoms with Gasteiger partial charge in [-0.15, -0.1) is 0 Å². The zero-order valence-electron chi connectivity index (χ0n) is 51.3. The molecule has 10 rings (SSSR count). The fraction of sp³-hybridized carbons (Fsp3) is 0.360. The lowest BCUT2D eigenvalue weighted by Crippen LogP contribution is -2.62. The molecule has 0 aliphatic carbocycles. The minimum Gasteiger partial charge on any atom is -0.311 e. The fourth-order valence-corrected chi connectivity index (χ4v) is 12.6. The van der Waals surface area contributed by atoms with Crippen LogP contribution in [0.15, 0.2) is 146 Å². The smallest absolute Gasteiger partial charge is 0.252 e.